The molecule has 2 aromatic carbocycles. The Morgan fingerprint density at radius 1 is 1.12 bits per heavy atom. The van der Waals surface area contributed by atoms with E-state index in [0.717, 1.165) is 17.5 Å². The molecule has 0 aliphatic carbocycles. The van der Waals surface area contributed by atoms with E-state index >= 15 is 0 Å². The van der Waals surface area contributed by atoms with Crippen molar-refractivity contribution in [2.45, 2.75) is 52.7 Å². The average Bonchev–Trinajstić information content (AvgIpc) is 2.78. The lowest BCUT2D eigenvalue weighted by Crippen LogP contribution is -2.41. The fourth-order valence-electron chi connectivity index (χ4n) is 4.19. The van der Waals surface area contributed by atoms with Gasteiger partial charge in [0.05, 0.1) is 12.6 Å². The minimum atomic E-state index is -0.639. The Kier molecular flexibility index (Phi) is 8.50. The van der Waals surface area contributed by atoms with Crippen molar-refractivity contribution in [3.63, 3.8) is 0 Å². The number of fused-ring (bicyclic) bond motifs is 1. The van der Waals surface area contributed by atoms with Gasteiger partial charge in [0, 0.05) is 26.6 Å². The molecule has 0 radical (unpaired) electrons. The smallest absolute Gasteiger partial charge is 0.260 e. The van der Waals surface area contributed by atoms with E-state index in [1.54, 1.807) is 14.0 Å². The molecule has 6 nitrogen and oxygen atoms in total. The van der Waals surface area contributed by atoms with Crippen molar-refractivity contribution in [3.05, 3.63) is 64.7 Å². The minimum Gasteiger partial charge on any atom is -0.481 e. The maximum absolute atomic E-state index is 13.2. The highest BCUT2D eigenvalue weighted by molar-refractivity contribution is 5.80. The van der Waals surface area contributed by atoms with Crippen molar-refractivity contribution in [2.24, 2.45) is 5.92 Å². The third-order valence-corrected chi connectivity index (χ3v) is 5.93. The summed E-state index contributed by atoms with van der Waals surface area (Å²) in [6.07, 6.45) is 0.682. The van der Waals surface area contributed by atoms with Gasteiger partial charge in [-0.1, -0.05) is 49.7 Å². The molecule has 0 bridgehead atoms. The van der Waals surface area contributed by atoms with Crippen molar-refractivity contribution >= 4 is 11.8 Å². The predicted molar refractivity (Wildman–Crippen MR) is 129 cm³/mol. The first-order valence-corrected chi connectivity index (χ1v) is 11.7. The van der Waals surface area contributed by atoms with Gasteiger partial charge in [0.2, 0.25) is 5.91 Å². The number of nitrogens with one attached hydrogen (secondary N) is 1. The zero-order chi connectivity index (χ0) is 24.0. The summed E-state index contributed by atoms with van der Waals surface area (Å²) in [6, 6.07) is 14.2. The van der Waals surface area contributed by atoms with Crippen LogP contribution in [-0.2, 0) is 20.7 Å². The van der Waals surface area contributed by atoms with Gasteiger partial charge in [-0.25, -0.2) is 0 Å². The van der Waals surface area contributed by atoms with Crippen molar-refractivity contribution in [2.75, 3.05) is 26.8 Å². The Morgan fingerprint density at radius 3 is 2.52 bits per heavy atom. The molecule has 0 aromatic heterocycles. The third kappa shape index (κ3) is 6.35. The van der Waals surface area contributed by atoms with Crippen LogP contribution < -0.4 is 10.1 Å². The second-order valence-electron chi connectivity index (χ2n) is 9.15. The summed E-state index contributed by atoms with van der Waals surface area (Å²) in [4.78, 5) is 27.5. The first-order chi connectivity index (χ1) is 15.8. The molecule has 0 fully saturated rings. The van der Waals surface area contributed by atoms with Crippen LogP contribution in [0.2, 0.25) is 0 Å². The molecule has 2 amide bonds. The van der Waals surface area contributed by atoms with Crippen LogP contribution in [0.5, 0.6) is 5.75 Å². The molecule has 2 unspecified atom stereocenters. The monoisotopic (exact) mass is 452 g/mol. The number of ether oxygens (including phenoxy) is 2. The Bertz CT molecular complexity index is 955. The van der Waals surface area contributed by atoms with Crippen LogP contribution >= 0.6 is 0 Å². The zero-order valence-corrected chi connectivity index (χ0v) is 20.4. The number of hydrogen-bond donors (Lipinski definition) is 1. The molecule has 33 heavy (non-hydrogen) atoms. The molecular formula is C27H36N2O4. The van der Waals surface area contributed by atoms with Gasteiger partial charge in [0.25, 0.3) is 5.91 Å². The number of nitrogens with zero attached hydrogens (tertiary/aromatic N) is 1. The first kappa shape index (κ1) is 24.8. The van der Waals surface area contributed by atoms with E-state index in [1.807, 2.05) is 17.0 Å². The highest BCUT2D eigenvalue weighted by atomic mass is 16.5. The summed E-state index contributed by atoms with van der Waals surface area (Å²) in [6.45, 7) is 9.52. The van der Waals surface area contributed by atoms with Crippen LogP contribution in [0.15, 0.2) is 42.5 Å². The van der Waals surface area contributed by atoms with Gasteiger partial charge in [0.1, 0.15) is 5.75 Å². The molecule has 2 atom stereocenters. The fraction of sp³-hybridized carbons (Fsp3) is 0.481. The number of carbonyl (C=O) groups is 2. The Hall–Kier alpha value is -2.86. The Labute approximate surface area is 197 Å². The molecule has 1 N–H and O–H groups in total. The lowest BCUT2D eigenvalue weighted by Gasteiger charge is -2.38. The molecule has 0 saturated carbocycles. The van der Waals surface area contributed by atoms with Crippen molar-refractivity contribution in [1.29, 1.82) is 0 Å². The molecule has 0 saturated heterocycles. The minimum absolute atomic E-state index is 0.165. The van der Waals surface area contributed by atoms with Gasteiger partial charge in [-0.3, -0.25) is 9.59 Å². The molecule has 1 aliphatic rings. The molecule has 1 aliphatic heterocycles. The van der Waals surface area contributed by atoms with Gasteiger partial charge < -0.3 is 19.7 Å². The summed E-state index contributed by atoms with van der Waals surface area (Å²) >= 11 is 0. The Morgan fingerprint density at radius 2 is 1.85 bits per heavy atom. The fourth-order valence-corrected chi connectivity index (χ4v) is 4.19. The average molecular weight is 453 g/mol. The first-order valence-electron chi connectivity index (χ1n) is 11.7. The summed E-state index contributed by atoms with van der Waals surface area (Å²) < 4.78 is 11.0. The topological polar surface area (TPSA) is 67.9 Å². The van der Waals surface area contributed by atoms with Crippen molar-refractivity contribution in [1.82, 2.24) is 10.2 Å². The number of aryl methyl sites for hydroxylation is 1. The second kappa shape index (κ2) is 11.3. The van der Waals surface area contributed by atoms with E-state index in [4.69, 9.17) is 9.47 Å². The molecule has 178 valence electrons. The zero-order valence-electron chi connectivity index (χ0n) is 20.4. The van der Waals surface area contributed by atoms with Crippen molar-refractivity contribution in [3.8, 4) is 5.75 Å². The molecule has 1 heterocycles. The second-order valence-corrected chi connectivity index (χ2v) is 9.15. The number of hydrogen-bond acceptors (Lipinski definition) is 4. The summed E-state index contributed by atoms with van der Waals surface area (Å²) in [7, 11) is 1.60. The lowest BCUT2D eigenvalue weighted by molar-refractivity contribution is -0.134. The highest BCUT2D eigenvalue weighted by Gasteiger charge is 2.32. The number of amides is 2. The Balaban J connectivity index is 1.90. The van der Waals surface area contributed by atoms with Crippen LogP contribution in [0.3, 0.4) is 0 Å². The number of benzene rings is 2. The molecule has 6 heteroatoms. The van der Waals surface area contributed by atoms with Crippen LogP contribution in [0.25, 0.3) is 0 Å². The summed E-state index contributed by atoms with van der Waals surface area (Å²) in [5.74, 6) is 0.898. The summed E-state index contributed by atoms with van der Waals surface area (Å²) in [5, 5.41) is 2.80. The molecule has 3 rings (SSSR count). The predicted octanol–water partition coefficient (Wildman–Crippen LogP) is 4.05. The van der Waals surface area contributed by atoms with E-state index in [-0.39, 0.29) is 17.9 Å². The lowest BCUT2D eigenvalue weighted by atomic mass is 9.87. The van der Waals surface area contributed by atoms with Gasteiger partial charge >= 0.3 is 0 Å². The van der Waals surface area contributed by atoms with Crippen LogP contribution in [-0.4, -0.2) is 49.6 Å². The van der Waals surface area contributed by atoms with Crippen LogP contribution in [0.1, 0.15) is 55.5 Å². The highest BCUT2D eigenvalue weighted by Crippen LogP contribution is 2.38. The van der Waals surface area contributed by atoms with Gasteiger partial charge in [0.15, 0.2) is 6.10 Å². The molecule has 2 aromatic rings. The number of carbonyl (C=O) groups excluding carboxylic acids is 2. The standard InChI is InChI=1S/C27H36N2O4/c1-18(2)16-25(30)29-14-12-21-10-11-23(33-20(4)27(31)28-13-15-32-5)17-24(21)26(29)22-8-6-19(3)7-9-22/h6-11,17-18,20,26H,12-16H2,1-5H3,(H,28,31). The number of rotatable bonds is 9. The number of methoxy groups -OCH3 is 1. The van der Waals surface area contributed by atoms with Gasteiger partial charge in [-0.15, -0.1) is 0 Å². The van der Waals surface area contributed by atoms with Gasteiger partial charge in [-0.05, 0) is 55.0 Å². The quantitative estimate of drug-likeness (QED) is 0.583. The molecular weight excluding hydrogens is 416 g/mol. The van der Waals surface area contributed by atoms with E-state index in [2.05, 4.69) is 56.4 Å². The SMILES string of the molecule is COCCNC(=O)C(C)Oc1ccc2c(c1)C(c1ccc(C)cc1)N(C(=O)CC(C)C)CC2. The maximum Gasteiger partial charge on any atom is 0.260 e. The normalized spacial score (nSPS) is 16.3. The van der Waals surface area contributed by atoms with Crippen LogP contribution in [0, 0.1) is 12.8 Å². The van der Waals surface area contributed by atoms with E-state index in [1.165, 1.54) is 11.1 Å². The van der Waals surface area contributed by atoms with Crippen molar-refractivity contribution < 1.29 is 19.1 Å². The van der Waals surface area contributed by atoms with E-state index < -0.39 is 6.10 Å². The van der Waals surface area contributed by atoms with E-state index in [9.17, 15) is 9.59 Å². The third-order valence-electron chi connectivity index (χ3n) is 5.93. The van der Waals surface area contributed by atoms with Gasteiger partial charge in [-0.2, -0.15) is 0 Å². The maximum atomic E-state index is 13.2. The van der Waals surface area contributed by atoms with E-state index in [0.29, 0.717) is 37.8 Å². The summed E-state index contributed by atoms with van der Waals surface area (Å²) in [5.41, 5.74) is 4.53. The van der Waals surface area contributed by atoms with Crippen LogP contribution in [0.4, 0.5) is 0 Å². The molecule has 0 spiro atoms. The largest absolute Gasteiger partial charge is 0.481 e.